The number of nitrogens with two attached hydrogens (primary N) is 6. The molecule has 0 radical (unpaired) electrons. The fourth-order valence-corrected chi connectivity index (χ4v) is 12.3. The summed E-state index contributed by atoms with van der Waals surface area (Å²) in [5.74, 6) is -19.8. The maximum absolute atomic E-state index is 14.7. The molecule has 117 heavy (non-hydrogen) atoms. The molecule has 2 aromatic carbocycles. The van der Waals surface area contributed by atoms with Gasteiger partial charge in [0.05, 0.1) is 55.6 Å². The van der Waals surface area contributed by atoms with Crippen molar-refractivity contribution >= 4 is 101 Å². The molecule has 0 unspecified atom stereocenters. The fourth-order valence-electron chi connectivity index (χ4n) is 12.3. The van der Waals surface area contributed by atoms with E-state index in [2.05, 4.69) is 84.4 Å². The zero-order chi connectivity index (χ0) is 87.5. The number of carbonyl (C=O) groups excluding carboxylic acids is 14. The molecule has 0 aliphatic heterocycles. The van der Waals surface area contributed by atoms with Crippen LogP contribution in [0.5, 0.6) is 11.5 Å². The second-order valence-corrected chi connectivity index (χ2v) is 29.3. The van der Waals surface area contributed by atoms with Gasteiger partial charge in [-0.15, -0.1) is 0 Å². The molecule has 3 aromatic rings. The highest BCUT2D eigenvalue weighted by molar-refractivity contribution is 6.01. The molecule has 646 valence electrons. The van der Waals surface area contributed by atoms with Gasteiger partial charge in [0.25, 0.3) is 0 Å². The summed E-state index contributed by atoms with van der Waals surface area (Å²) in [5, 5.41) is 89.7. The second-order valence-electron chi connectivity index (χ2n) is 29.3. The molecule has 1 fully saturated rings. The first-order chi connectivity index (χ1) is 55.2. The van der Waals surface area contributed by atoms with Crippen LogP contribution in [0.25, 0.3) is 0 Å². The topological polar surface area (TPSA) is 734 Å². The number of hydrogen-bond donors (Lipinski definition) is 27. The number of aromatic nitrogens is 2. The van der Waals surface area contributed by atoms with E-state index in [9.17, 15) is 82.4 Å². The van der Waals surface area contributed by atoms with Crippen molar-refractivity contribution in [3.05, 3.63) is 77.9 Å². The quantitative estimate of drug-likeness (QED) is 0.0108. The molecule has 13 amide bonds. The molecule has 4 rings (SSSR count). The first-order valence-electron chi connectivity index (χ1n) is 38.4. The molecule has 43 heteroatoms. The number of aromatic amines is 1. The number of hydrogen-bond acceptors (Lipinski definition) is 23. The summed E-state index contributed by atoms with van der Waals surface area (Å²) >= 11 is 0. The number of esters is 1. The van der Waals surface area contributed by atoms with Crippen molar-refractivity contribution in [1.82, 2.24) is 84.4 Å². The summed E-state index contributed by atoms with van der Waals surface area (Å²) in [5.41, 5.74) is 35.1. The standard InChI is InChI=1S/C74H117N25O18/c1-9-36(5)55(96-66(111)49(30-40-19-23-43(102)24-20-40)94-63(108)50(31-41-33-84-34-88-41)92-60(105)44(75)14-11-25-85-72(78)79)68(113)95-51(32-52(76)103)64(109)93-48(28-35(3)4)65(110)97-56(37(6)10-2)69(114)98-57(38(7)100)70(115)90-46(16-13-27-87-74(82)83)62(107)99-58-53(54(58)71(116)117-8)67(112)89-45(15-12-26-86-73(80)81)61(106)91-47(59(77)104)29-39-17-21-42(101)22-18-39/h17-24,33-38,44-51,53-58,100-102H,9-16,25-32,75H2,1-8H3,(H2,76,103)(H2,77,104)(H,84,88)(H,89,112)(H,90,115)(H,91,106)(H,92,105)(H,93,109)(H,94,108)(H,95,113)(H,96,111)(H,97,110)(H,98,114)(H,99,107)(H4,78,79,85)(H4,80,81,86)(H4,82,83,87)/t36-,37-,38+,44-,45-,46-,47-,48-,49-,50-,51-,53-,54-,55-,56-,57-,58-/m0/s1. The minimum Gasteiger partial charge on any atom is -0.508 e. The molecule has 1 aliphatic rings. The zero-order valence-electron chi connectivity index (χ0n) is 66.9. The highest BCUT2D eigenvalue weighted by Gasteiger charge is 2.61. The molecule has 1 saturated carbocycles. The van der Waals surface area contributed by atoms with Crippen LogP contribution in [0.1, 0.15) is 129 Å². The Hall–Kier alpha value is -12.4. The van der Waals surface area contributed by atoms with Crippen LogP contribution in [-0.4, -0.2) is 231 Å². The lowest BCUT2D eigenvalue weighted by Gasteiger charge is -2.31. The van der Waals surface area contributed by atoms with Gasteiger partial charge in [-0.25, -0.2) is 4.98 Å². The number of nitrogens with one attached hydrogen (secondary N) is 18. The van der Waals surface area contributed by atoms with Crippen molar-refractivity contribution in [2.24, 2.45) is 64.0 Å². The maximum atomic E-state index is 14.7. The van der Waals surface area contributed by atoms with Gasteiger partial charge in [0, 0.05) is 45.1 Å². The fraction of sp³-hybridized carbons (Fsp3) is 0.568. The lowest BCUT2D eigenvalue weighted by Crippen LogP contribution is -2.63. The third kappa shape index (κ3) is 33.1. The number of aliphatic hydroxyl groups excluding tert-OH is 1. The Morgan fingerprint density at radius 2 is 0.889 bits per heavy atom. The van der Waals surface area contributed by atoms with Gasteiger partial charge in [-0.2, -0.15) is 0 Å². The number of carbonyl (C=O) groups is 14. The number of guanidine groups is 3. The Labute approximate surface area is 676 Å². The number of methoxy groups -OCH3 is 1. The van der Waals surface area contributed by atoms with Gasteiger partial charge in [0.2, 0.25) is 76.8 Å². The molecule has 33 N–H and O–H groups in total. The van der Waals surface area contributed by atoms with Crippen LogP contribution in [-0.2, 0) is 91.1 Å². The van der Waals surface area contributed by atoms with Crippen molar-refractivity contribution < 1.29 is 87.2 Å². The number of rotatable bonds is 51. The van der Waals surface area contributed by atoms with Crippen molar-refractivity contribution in [2.75, 3.05) is 26.7 Å². The van der Waals surface area contributed by atoms with E-state index in [-0.39, 0.29) is 114 Å². The molecule has 0 bridgehead atoms. The van der Waals surface area contributed by atoms with Gasteiger partial charge in [0.1, 0.15) is 71.9 Å². The van der Waals surface area contributed by atoms with E-state index >= 15 is 0 Å². The van der Waals surface area contributed by atoms with E-state index in [1.54, 1.807) is 41.5 Å². The summed E-state index contributed by atoms with van der Waals surface area (Å²) in [7, 11) is 1.02. The van der Waals surface area contributed by atoms with Crippen molar-refractivity contribution in [1.29, 1.82) is 16.2 Å². The van der Waals surface area contributed by atoms with Crippen LogP contribution in [0.2, 0.25) is 0 Å². The first-order valence-corrected chi connectivity index (χ1v) is 38.4. The average molecular weight is 1640 g/mol. The van der Waals surface area contributed by atoms with E-state index in [1.807, 2.05) is 0 Å². The summed E-state index contributed by atoms with van der Waals surface area (Å²) < 4.78 is 4.97. The molecular formula is C74H117N25O18. The molecule has 43 nitrogen and oxygen atoms in total. The number of ether oxygens (including phenoxy) is 1. The third-order valence-corrected chi connectivity index (χ3v) is 19.4. The van der Waals surface area contributed by atoms with Crippen LogP contribution in [0.15, 0.2) is 61.1 Å². The minimum absolute atomic E-state index is 0.00592. The van der Waals surface area contributed by atoms with E-state index < -0.39 is 203 Å². The van der Waals surface area contributed by atoms with Crippen LogP contribution < -0.4 is 109 Å². The smallest absolute Gasteiger partial charge is 0.311 e. The number of amides is 13. The van der Waals surface area contributed by atoms with Gasteiger partial charge >= 0.3 is 5.97 Å². The molecule has 1 aliphatic carbocycles. The van der Waals surface area contributed by atoms with Crippen LogP contribution >= 0.6 is 0 Å². The average Bonchev–Trinajstić information content (AvgIpc) is 1.59. The maximum Gasteiger partial charge on any atom is 0.311 e. The summed E-state index contributed by atoms with van der Waals surface area (Å²) in [6.07, 6.45) is 0.0743. The zero-order valence-corrected chi connectivity index (χ0v) is 66.9. The number of imidazole rings is 1. The summed E-state index contributed by atoms with van der Waals surface area (Å²) in [4.78, 5) is 204. The van der Waals surface area contributed by atoms with Crippen LogP contribution in [0, 0.1) is 45.8 Å². The van der Waals surface area contributed by atoms with E-state index in [0.29, 0.717) is 23.2 Å². The summed E-state index contributed by atoms with van der Waals surface area (Å²) in [6, 6.07) is -6.76. The minimum atomic E-state index is -1.90. The van der Waals surface area contributed by atoms with E-state index in [4.69, 9.17) is 55.4 Å². The lowest BCUT2D eigenvalue weighted by molar-refractivity contribution is -0.144. The Bertz CT molecular complexity index is 3910. The number of H-pyrrole nitrogens is 1. The molecule has 1 aromatic heterocycles. The molecule has 17 atom stereocenters. The highest BCUT2D eigenvalue weighted by atomic mass is 16.5. The van der Waals surface area contributed by atoms with Gasteiger partial charge < -0.3 is 134 Å². The predicted octanol–water partition coefficient (Wildman–Crippen LogP) is -6.40. The number of phenols is 2. The van der Waals surface area contributed by atoms with Crippen LogP contribution in [0.4, 0.5) is 0 Å². The summed E-state index contributed by atoms with van der Waals surface area (Å²) in [6.45, 7) is 11.3. The Kier molecular flexibility index (Phi) is 39.8. The number of primary amides is 2. The molecule has 0 saturated heterocycles. The van der Waals surface area contributed by atoms with Crippen molar-refractivity contribution in [3.8, 4) is 11.5 Å². The van der Waals surface area contributed by atoms with Gasteiger partial charge in [0.15, 0.2) is 17.9 Å². The Morgan fingerprint density at radius 3 is 1.35 bits per heavy atom. The van der Waals surface area contributed by atoms with Crippen molar-refractivity contribution in [3.63, 3.8) is 0 Å². The van der Waals surface area contributed by atoms with Crippen molar-refractivity contribution in [2.45, 2.75) is 211 Å². The molecule has 0 spiro atoms. The lowest BCUT2D eigenvalue weighted by atomic mass is 9.95. The number of aliphatic hydroxyl groups is 1. The van der Waals surface area contributed by atoms with Gasteiger partial charge in [-0.3, -0.25) is 83.4 Å². The Morgan fingerprint density at radius 1 is 0.487 bits per heavy atom. The molecule has 1 heterocycles. The molecular weight excluding hydrogens is 1530 g/mol. The number of benzene rings is 2. The van der Waals surface area contributed by atoms with E-state index in [0.717, 1.165) is 14.0 Å². The monoisotopic (exact) mass is 1640 g/mol. The number of phenolic OH excluding ortho intramolecular Hbond substituents is 2. The van der Waals surface area contributed by atoms with Gasteiger partial charge in [-0.1, -0.05) is 78.6 Å². The largest absolute Gasteiger partial charge is 0.508 e. The SMILES string of the molecule is CC[C@H](C)[C@H](NC(=O)[C@H](Cc1ccc(O)cc1)NC(=O)[C@H](Cc1c[nH]cn1)NC(=O)[C@@H](N)CCCNC(=N)N)C(=O)N[C@@H](CC(N)=O)C(=O)N[C@@H](CC(C)C)C(=O)N[C@H](C(=O)N[C@H](C(=O)N[C@@H](CCCNC(=N)N)C(=O)N[C@H]1[C@@H](C(=O)N[C@@H](CCCNC(=N)N)C(=O)N[C@@H](Cc2ccc(O)cc2)C(N)=O)[C@@H]1C(=O)OC)[C@@H](C)O)[C@@H](C)CC. The Balaban J connectivity index is 1.59. The van der Waals surface area contributed by atoms with Crippen LogP contribution in [0.3, 0.4) is 0 Å². The number of nitrogens with zero attached hydrogens (tertiary/aromatic N) is 1. The first kappa shape index (κ1) is 96.9. The van der Waals surface area contributed by atoms with Gasteiger partial charge in [-0.05, 0) is 105 Å². The highest BCUT2D eigenvalue weighted by Crippen LogP contribution is 2.41. The second kappa shape index (κ2) is 48.1. The normalized spacial score (nSPS) is 17.0. The number of aromatic hydroxyl groups is 2. The van der Waals surface area contributed by atoms with E-state index in [1.165, 1.54) is 61.1 Å². The predicted molar refractivity (Wildman–Crippen MR) is 425 cm³/mol. The third-order valence-electron chi connectivity index (χ3n) is 19.4.